The van der Waals surface area contributed by atoms with Gasteiger partial charge in [0.25, 0.3) is 10.9 Å². The Morgan fingerprint density at radius 3 is 2.69 bits per heavy atom. The number of nitro groups is 1. The summed E-state index contributed by atoms with van der Waals surface area (Å²) in [4.78, 5) is 22.6. The summed E-state index contributed by atoms with van der Waals surface area (Å²) in [7, 11) is 0. The lowest BCUT2D eigenvalue weighted by atomic mass is 10.2. The van der Waals surface area contributed by atoms with Gasteiger partial charge in [-0.25, -0.2) is 0 Å². The highest BCUT2D eigenvalue weighted by atomic mass is 32.2. The molecule has 2 aromatic carbocycles. The van der Waals surface area contributed by atoms with E-state index in [2.05, 4.69) is 15.5 Å². The average molecular weight is 414 g/mol. The van der Waals surface area contributed by atoms with E-state index in [4.69, 9.17) is 9.15 Å². The molecule has 3 rings (SSSR count). The van der Waals surface area contributed by atoms with Crippen molar-refractivity contribution in [1.29, 1.82) is 0 Å². The fourth-order valence-electron chi connectivity index (χ4n) is 2.42. The number of anilines is 1. The number of carbonyl (C=O) groups excluding carboxylic acids is 1. The number of benzene rings is 2. The molecule has 3 aromatic rings. The van der Waals surface area contributed by atoms with Gasteiger partial charge in [-0.3, -0.25) is 14.9 Å². The van der Waals surface area contributed by atoms with Crippen LogP contribution in [0.1, 0.15) is 12.5 Å². The van der Waals surface area contributed by atoms with Gasteiger partial charge in [0.2, 0.25) is 11.8 Å². The Balaban J connectivity index is 1.59. The fraction of sp³-hybridized carbons (Fsp3) is 0.211. The summed E-state index contributed by atoms with van der Waals surface area (Å²) >= 11 is 1.08. The smallest absolute Gasteiger partial charge is 0.277 e. The maximum Gasteiger partial charge on any atom is 0.277 e. The van der Waals surface area contributed by atoms with Crippen LogP contribution in [0.3, 0.4) is 0 Å². The Bertz CT molecular complexity index is 1020. The minimum Gasteiger partial charge on any atom is -0.494 e. The molecule has 0 saturated carbocycles. The molecule has 0 radical (unpaired) electrons. The Morgan fingerprint density at radius 2 is 2.00 bits per heavy atom. The molecule has 0 bridgehead atoms. The lowest BCUT2D eigenvalue weighted by Gasteiger charge is -2.07. The Kier molecular flexibility index (Phi) is 6.45. The first kappa shape index (κ1) is 20.3. The minimum atomic E-state index is -0.509. The molecule has 0 aliphatic carbocycles. The SMILES string of the molecule is CCOc1ccc(-c2nnc(SCC(=O)Nc3cc([N+](=O)[O-])ccc3C)o2)cc1. The zero-order valence-electron chi connectivity index (χ0n) is 15.7. The molecule has 0 atom stereocenters. The van der Waals surface area contributed by atoms with E-state index in [0.717, 1.165) is 28.6 Å². The van der Waals surface area contributed by atoms with E-state index in [-0.39, 0.29) is 22.6 Å². The number of rotatable bonds is 8. The molecule has 0 aliphatic rings. The van der Waals surface area contributed by atoms with Crippen molar-refractivity contribution in [2.45, 2.75) is 19.1 Å². The van der Waals surface area contributed by atoms with Crippen molar-refractivity contribution in [1.82, 2.24) is 10.2 Å². The van der Waals surface area contributed by atoms with Gasteiger partial charge in [-0.1, -0.05) is 17.8 Å². The molecular formula is C19H18N4O5S. The third-order valence-corrected chi connectivity index (χ3v) is 4.67. The number of thioether (sulfide) groups is 1. The first-order chi connectivity index (χ1) is 14.0. The van der Waals surface area contributed by atoms with E-state index < -0.39 is 4.92 Å². The van der Waals surface area contributed by atoms with Gasteiger partial charge in [-0.2, -0.15) is 0 Å². The van der Waals surface area contributed by atoms with Crippen LogP contribution < -0.4 is 10.1 Å². The lowest BCUT2D eigenvalue weighted by Crippen LogP contribution is -2.15. The van der Waals surface area contributed by atoms with Crippen molar-refractivity contribution in [3.8, 4) is 17.2 Å². The molecule has 1 N–H and O–H groups in total. The summed E-state index contributed by atoms with van der Waals surface area (Å²) in [5.74, 6) is 0.774. The van der Waals surface area contributed by atoms with E-state index in [9.17, 15) is 14.9 Å². The van der Waals surface area contributed by atoms with E-state index in [1.165, 1.54) is 12.1 Å². The number of non-ortho nitro benzene ring substituents is 1. The number of carbonyl (C=O) groups is 1. The zero-order valence-corrected chi connectivity index (χ0v) is 16.6. The van der Waals surface area contributed by atoms with Crippen LogP contribution in [0.15, 0.2) is 52.1 Å². The predicted octanol–water partition coefficient (Wildman–Crippen LogP) is 4.08. The van der Waals surface area contributed by atoms with Gasteiger partial charge >= 0.3 is 0 Å². The molecule has 29 heavy (non-hydrogen) atoms. The van der Waals surface area contributed by atoms with Crippen LogP contribution in [-0.2, 0) is 4.79 Å². The topological polar surface area (TPSA) is 120 Å². The van der Waals surface area contributed by atoms with Crippen molar-refractivity contribution in [3.05, 3.63) is 58.1 Å². The molecule has 0 fully saturated rings. The monoisotopic (exact) mass is 414 g/mol. The van der Waals surface area contributed by atoms with Crippen molar-refractivity contribution < 1.29 is 18.9 Å². The van der Waals surface area contributed by atoms with Crippen LogP contribution in [-0.4, -0.2) is 33.4 Å². The number of hydrogen-bond donors (Lipinski definition) is 1. The first-order valence-corrected chi connectivity index (χ1v) is 9.69. The Hall–Kier alpha value is -3.40. The van der Waals surface area contributed by atoms with Gasteiger partial charge in [0.1, 0.15) is 5.75 Å². The van der Waals surface area contributed by atoms with Crippen LogP contribution >= 0.6 is 11.8 Å². The van der Waals surface area contributed by atoms with Crippen molar-refractivity contribution in [3.63, 3.8) is 0 Å². The third-order valence-electron chi connectivity index (χ3n) is 3.85. The summed E-state index contributed by atoms with van der Waals surface area (Å²) < 4.78 is 11.0. The summed E-state index contributed by atoms with van der Waals surface area (Å²) in [5, 5.41) is 21.7. The molecule has 150 valence electrons. The van der Waals surface area contributed by atoms with E-state index in [0.29, 0.717) is 18.2 Å². The molecular weight excluding hydrogens is 396 g/mol. The van der Waals surface area contributed by atoms with Gasteiger partial charge in [-0.05, 0) is 43.7 Å². The molecule has 1 heterocycles. The van der Waals surface area contributed by atoms with Crippen LogP contribution in [0.5, 0.6) is 5.75 Å². The lowest BCUT2D eigenvalue weighted by molar-refractivity contribution is -0.384. The van der Waals surface area contributed by atoms with E-state index >= 15 is 0 Å². The zero-order chi connectivity index (χ0) is 20.8. The summed E-state index contributed by atoms with van der Waals surface area (Å²) in [6.45, 7) is 4.25. The van der Waals surface area contributed by atoms with Gasteiger partial charge in [0.05, 0.1) is 23.0 Å². The second-order valence-corrected chi connectivity index (χ2v) is 6.85. The maximum absolute atomic E-state index is 12.2. The average Bonchev–Trinajstić information content (AvgIpc) is 3.18. The maximum atomic E-state index is 12.2. The molecule has 0 spiro atoms. The fourth-order valence-corrected chi connectivity index (χ4v) is 2.98. The summed E-state index contributed by atoms with van der Waals surface area (Å²) in [6.07, 6.45) is 0. The standard InChI is InChI=1S/C19H18N4O5S/c1-3-27-15-8-5-13(6-9-15)18-21-22-19(28-18)29-11-17(24)20-16-10-14(23(25)26)7-4-12(16)2/h4-10H,3,11H2,1-2H3,(H,20,24). The summed E-state index contributed by atoms with van der Waals surface area (Å²) in [5.41, 5.74) is 1.77. The highest BCUT2D eigenvalue weighted by Crippen LogP contribution is 2.26. The quantitative estimate of drug-likeness (QED) is 0.332. The molecule has 10 heteroatoms. The van der Waals surface area contributed by atoms with Crippen molar-refractivity contribution in [2.75, 3.05) is 17.7 Å². The number of ether oxygens (including phenoxy) is 1. The molecule has 0 aliphatic heterocycles. The van der Waals surface area contributed by atoms with E-state index in [1.807, 2.05) is 31.2 Å². The van der Waals surface area contributed by atoms with Crippen LogP contribution in [0.4, 0.5) is 11.4 Å². The number of amides is 1. The first-order valence-electron chi connectivity index (χ1n) is 8.70. The summed E-state index contributed by atoms with van der Waals surface area (Å²) in [6, 6.07) is 11.5. The number of nitrogens with one attached hydrogen (secondary N) is 1. The van der Waals surface area contributed by atoms with Gasteiger partial charge < -0.3 is 14.5 Å². The predicted molar refractivity (Wildman–Crippen MR) is 108 cm³/mol. The molecule has 1 aromatic heterocycles. The van der Waals surface area contributed by atoms with Gasteiger partial charge in [0.15, 0.2) is 0 Å². The highest BCUT2D eigenvalue weighted by molar-refractivity contribution is 7.99. The van der Waals surface area contributed by atoms with Gasteiger partial charge in [-0.15, -0.1) is 10.2 Å². The number of nitrogens with zero attached hydrogens (tertiary/aromatic N) is 3. The van der Waals surface area contributed by atoms with E-state index in [1.54, 1.807) is 13.0 Å². The van der Waals surface area contributed by atoms with Crippen molar-refractivity contribution in [2.24, 2.45) is 0 Å². The Morgan fingerprint density at radius 1 is 1.24 bits per heavy atom. The molecule has 0 saturated heterocycles. The number of hydrogen-bond acceptors (Lipinski definition) is 8. The normalized spacial score (nSPS) is 10.6. The minimum absolute atomic E-state index is 0.0209. The van der Waals surface area contributed by atoms with Gasteiger partial charge in [0, 0.05) is 17.7 Å². The second-order valence-electron chi connectivity index (χ2n) is 5.92. The van der Waals surface area contributed by atoms with Crippen molar-refractivity contribution >= 4 is 29.0 Å². The third kappa shape index (κ3) is 5.32. The highest BCUT2D eigenvalue weighted by Gasteiger charge is 2.14. The van der Waals surface area contributed by atoms with Crippen LogP contribution in [0, 0.1) is 17.0 Å². The number of nitro benzene ring substituents is 1. The molecule has 0 unspecified atom stereocenters. The molecule has 9 nitrogen and oxygen atoms in total. The second kappa shape index (κ2) is 9.20. The van der Waals surface area contributed by atoms with Crippen LogP contribution in [0.25, 0.3) is 11.5 Å². The number of aromatic nitrogens is 2. The number of aryl methyl sites for hydroxylation is 1. The Labute approximate surface area is 170 Å². The molecule has 1 amide bonds. The largest absolute Gasteiger partial charge is 0.494 e. The van der Waals surface area contributed by atoms with Crippen LogP contribution in [0.2, 0.25) is 0 Å².